The van der Waals surface area contributed by atoms with Gasteiger partial charge in [-0.3, -0.25) is 0 Å². The summed E-state index contributed by atoms with van der Waals surface area (Å²) in [5, 5.41) is 8.19. The summed E-state index contributed by atoms with van der Waals surface area (Å²) in [6, 6.07) is 7.57. The third-order valence-corrected chi connectivity index (χ3v) is 4.57. The fourth-order valence-corrected chi connectivity index (χ4v) is 3.17. The average Bonchev–Trinajstić information content (AvgIpc) is 3.14. The number of thioether (sulfide) groups is 1. The number of nitrogens with zero attached hydrogens (tertiary/aromatic N) is 3. The molecule has 0 spiro atoms. The van der Waals surface area contributed by atoms with Gasteiger partial charge in [0.2, 0.25) is 11.0 Å². The quantitative estimate of drug-likeness (QED) is 0.723. The van der Waals surface area contributed by atoms with Crippen LogP contribution in [0, 0.1) is 0 Å². The first-order valence-corrected chi connectivity index (χ1v) is 7.85. The minimum Gasteiger partial charge on any atom is -0.497 e. The maximum atomic E-state index is 5.54. The lowest BCUT2D eigenvalue weighted by atomic mass is 10.2. The van der Waals surface area contributed by atoms with E-state index in [2.05, 4.69) is 15.2 Å². The highest BCUT2D eigenvalue weighted by molar-refractivity contribution is 8.00. The Hall–Kier alpha value is -2.06. The van der Waals surface area contributed by atoms with E-state index in [1.54, 1.807) is 13.4 Å². The van der Waals surface area contributed by atoms with Crippen LogP contribution >= 0.6 is 23.1 Å². The second-order valence-corrected chi connectivity index (χ2v) is 6.30. The van der Waals surface area contributed by atoms with Crippen LogP contribution in [0.25, 0.3) is 11.5 Å². The topological polar surface area (TPSA) is 87.1 Å². The van der Waals surface area contributed by atoms with Gasteiger partial charge >= 0.3 is 0 Å². The van der Waals surface area contributed by atoms with Crippen LogP contribution < -0.4 is 10.5 Å². The van der Waals surface area contributed by atoms with Crippen molar-refractivity contribution < 1.29 is 9.15 Å². The molecule has 108 valence electrons. The van der Waals surface area contributed by atoms with Crippen molar-refractivity contribution in [3.05, 3.63) is 36.2 Å². The summed E-state index contributed by atoms with van der Waals surface area (Å²) in [4.78, 5) is 4.45. The molecule has 0 radical (unpaired) electrons. The molecule has 3 aromatic rings. The van der Waals surface area contributed by atoms with E-state index in [1.165, 1.54) is 23.1 Å². The van der Waals surface area contributed by atoms with Crippen LogP contribution in [0.1, 0.15) is 5.69 Å². The number of methoxy groups -OCH3 is 1. The number of ether oxygens (including phenoxy) is 1. The Morgan fingerprint density at radius 3 is 2.76 bits per heavy atom. The van der Waals surface area contributed by atoms with Crippen molar-refractivity contribution in [2.45, 2.75) is 10.1 Å². The standard InChI is InChI=1S/C13H12N4O2S2/c1-18-10-4-2-8(3-5-10)11-15-9(6-19-11)7-20-13-17-16-12(14)21-13/h2-6H,7H2,1H3,(H2,14,16). The molecule has 8 heteroatoms. The van der Waals surface area contributed by atoms with Gasteiger partial charge in [-0.25, -0.2) is 4.98 Å². The SMILES string of the molecule is COc1ccc(-c2nc(CSc3nnc(N)s3)co2)cc1. The Morgan fingerprint density at radius 1 is 1.29 bits per heavy atom. The first-order valence-electron chi connectivity index (χ1n) is 6.05. The molecule has 0 unspecified atom stereocenters. The molecule has 0 amide bonds. The van der Waals surface area contributed by atoms with Crippen molar-refractivity contribution >= 4 is 28.2 Å². The number of nitrogens with two attached hydrogens (primary N) is 1. The Kier molecular flexibility index (Phi) is 4.07. The molecular weight excluding hydrogens is 308 g/mol. The van der Waals surface area contributed by atoms with E-state index >= 15 is 0 Å². The van der Waals surface area contributed by atoms with Crippen molar-refractivity contribution in [2.24, 2.45) is 0 Å². The third-order valence-electron chi connectivity index (χ3n) is 2.65. The highest BCUT2D eigenvalue weighted by atomic mass is 32.2. The van der Waals surface area contributed by atoms with Gasteiger partial charge in [-0.1, -0.05) is 23.1 Å². The summed E-state index contributed by atoms with van der Waals surface area (Å²) in [6.07, 6.45) is 1.65. The molecule has 6 nitrogen and oxygen atoms in total. The molecule has 0 aliphatic rings. The fourth-order valence-electron chi connectivity index (χ4n) is 1.65. The number of rotatable bonds is 5. The van der Waals surface area contributed by atoms with E-state index in [-0.39, 0.29) is 0 Å². The largest absolute Gasteiger partial charge is 0.497 e. The molecule has 0 saturated carbocycles. The summed E-state index contributed by atoms with van der Waals surface area (Å²) in [5.41, 5.74) is 7.29. The number of oxazole rings is 1. The number of hydrogen-bond acceptors (Lipinski definition) is 8. The van der Waals surface area contributed by atoms with Gasteiger partial charge < -0.3 is 14.9 Å². The predicted octanol–water partition coefficient (Wildman–Crippen LogP) is 3.08. The number of anilines is 1. The first-order chi connectivity index (χ1) is 10.2. The molecule has 0 saturated heterocycles. The number of nitrogen functional groups attached to an aromatic ring is 1. The lowest BCUT2D eigenvalue weighted by Crippen LogP contribution is -1.84. The lowest BCUT2D eigenvalue weighted by Gasteiger charge is -1.99. The second kappa shape index (κ2) is 6.15. The zero-order valence-corrected chi connectivity index (χ0v) is 12.8. The predicted molar refractivity (Wildman–Crippen MR) is 82.4 cm³/mol. The van der Waals surface area contributed by atoms with Gasteiger partial charge in [0.25, 0.3) is 0 Å². The third kappa shape index (κ3) is 3.34. The highest BCUT2D eigenvalue weighted by Crippen LogP contribution is 2.28. The lowest BCUT2D eigenvalue weighted by molar-refractivity contribution is 0.415. The van der Waals surface area contributed by atoms with Crippen molar-refractivity contribution in [3.8, 4) is 17.2 Å². The van der Waals surface area contributed by atoms with Crippen LogP contribution in [0.3, 0.4) is 0 Å². The van der Waals surface area contributed by atoms with Gasteiger partial charge in [0, 0.05) is 11.3 Å². The van der Waals surface area contributed by atoms with Gasteiger partial charge in [-0.05, 0) is 24.3 Å². The van der Waals surface area contributed by atoms with Crippen LogP contribution in [-0.2, 0) is 5.75 Å². The highest BCUT2D eigenvalue weighted by Gasteiger charge is 2.09. The average molecular weight is 320 g/mol. The van der Waals surface area contributed by atoms with Gasteiger partial charge in [0.15, 0.2) is 4.34 Å². The summed E-state index contributed by atoms with van der Waals surface area (Å²) < 4.78 is 11.4. The Bertz CT molecular complexity index is 724. The molecule has 2 N–H and O–H groups in total. The van der Waals surface area contributed by atoms with Gasteiger partial charge in [0.1, 0.15) is 12.0 Å². The van der Waals surface area contributed by atoms with Gasteiger partial charge in [0.05, 0.1) is 12.8 Å². The summed E-state index contributed by atoms with van der Waals surface area (Å²) in [7, 11) is 1.63. The maximum absolute atomic E-state index is 5.54. The van der Waals surface area contributed by atoms with Gasteiger partial charge in [-0.15, -0.1) is 10.2 Å². The molecule has 2 heterocycles. The number of benzene rings is 1. The monoisotopic (exact) mass is 320 g/mol. The minimum atomic E-state index is 0.469. The Balaban J connectivity index is 1.67. The first kappa shape index (κ1) is 13.9. The van der Waals surface area contributed by atoms with Crippen LogP contribution in [0.2, 0.25) is 0 Å². The normalized spacial score (nSPS) is 10.7. The van der Waals surface area contributed by atoms with E-state index in [4.69, 9.17) is 14.9 Å². The van der Waals surface area contributed by atoms with E-state index in [0.29, 0.717) is 16.8 Å². The molecule has 1 aromatic carbocycles. The molecule has 0 aliphatic heterocycles. The van der Waals surface area contributed by atoms with E-state index in [1.807, 2.05) is 24.3 Å². The molecule has 21 heavy (non-hydrogen) atoms. The molecule has 0 aliphatic carbocycles. The zero-order valence-electron chi connectivity index (χ0n) is 11.1. The number of hydrogen-bond donors (Lipinski definition) is 1. The number of aromatic nitrogens is 3. The summed E-state index contributed by atoms with van der Waals surface area (Å²) in [5.74, 6) is 2.05. The Morgan fingerprint density at radius 2 is 2.10 bits per heavy atom. The van der Waals surface area contributed by atoms with Crippen LogP contribution in [0.4, 0.5) is 5.13 Å². The van der Waals surface area contributed by atoms with Crippen molar-refractivity contribution in [3.63, 3.8) is 0 Å². The molecule has 3 rings (SSSR count). The maximum Gasteiger partial charge on any atom is 0.226 e. The zero-order chi connectivity index (χ0) is 14.7. The van der Waals surface area contributed by atoms with Crippen LogP contribution in [-0.4, -0.2) is 22.3 Å². The Labute approximate surface area is 129 Å². The van der Waals surface area contributed by atoms with Crippen molar-refractivity contribution in [1.82, 2.24) is 15.2 Å². The molecular formula is C13H12N4O2S2. The van der Waals surface area contributed by atoms with Crippen LogP contribution in [0.15, 0.2) is 39.3 Å². The molecule has 2 aromatic heterocycles. The van der Waals surface area contributed by atoms with E-state index < -0.39 is 0 Å². The second-order valence-electron chi connectivity index (χ2n) is 4.07. The minimum absolute atomic E-state index is 0.469. The van der Waals surface area contributed by atoms with Gasteiger partial charge in [-0.2, -0.15) is 0 Å². The smallest absolute Gasteiger partial charge is 0.226 e. The van der Waals surface area contributed by atoms with Crippen molar-refractivity contribution in [1.29, 1.82) is 0 Å². The summed E-state index contributed by atoms with van der Waals surface area (Å²) >= 11 is 2.89. The fraction of sp³-hybridized carbons (Fsp3) is 0.154. The van der Waals surface area contributed by atoms with E-state index in [9.17, 15) is 0 Å². The molecule has 0 bridgehead atoms. The van der Waals surface area contributed by atoms with Crippen molar-refractivity contribution in [2.75, 3.05) is 12.8 Å². The summed E-state index contributed by atoms with van der Waals surface area (Å²) in [6.45, 7) is 0. The molecule has 0 fully saturated rings. The molecule has 0 atom stereocenters. The van der Waals surface area contributed by atoms with E-state index in [0.717, 1.165) is 21.3 Å². The van der Waals surface area contributed by atoms with Crippen LogP contribution in [0.5, 0.6) is 5.75 Å².